The molecule has 0 unspecified atom stereocenters. The number of aliphatic hydroxyl groups excluding tert-OH is 1. The molecular formula is C2H9O4PRe. The molecule has 1 radical (unpaired) electrons. The Morgan fingerprint density at radius 3 is 1.50 bits per heavy atom. The van der Waals surface area contributed by atoms with E-state index in [4.69, 9.17) is 19.5 Å². The Morgan fingerprint density at radius 2 is 1.50 bits per heavy atom. The fourth-order valence-corrected chi connectivity index (χ4v) is 0. The molecule has 0 aliphatic heterocycles. The number of hydrogen-bond donors (Lipinski definition) is 3. The molecule has 0 bridgehead atoms. The Labute approximate surface area is 62.2 Å². The van der Waals surface area contributed by atoms with Crippen molar-refractivity contribution < 1.29 is 39.9 Å². The Bertz CT molecular complexity index is 45.3. The summed E-state index contributed by atoms with van der Waals surface area (Å²) in [5, 5.41) is 7.57. The van der Waals surface area contributed by atoms with E-state index in [1.54, 1.807) is 6.92 Å². The third kappa shape index (κ3) is 378. The summed E-state index contributed by atoms with van der Waals surface area (Å²) in [6.45, 7) is 1.93. The second kappa shape index (κ2) is 15.7. The van der Waals surface area contributed by atoms with Crippen LogP contribution in [0.25, 0.3) is 0 Å². The molecule has 8 heavy (non-hydrogen) atoms. The molecule has 0 aromatic heterocycles. The summed E-state index contributed by atoms with van der Waals surface area (Å²) in [7, 11) is -3.13. The fourth-order valence-electron chi connectivity index (χ4n) is 0. The van der Waals surface area contributed by atoms with Gasteiger partial charge < -0.3 is 14.9 Å². The number of aliphatic hydroxyl groups is 1. The maximum absolute atomic E-state index is 8.74. The van der Waals surface area contributed by atoms with Crippen LogP contribution in [0.4, 0.5) is 0 Å². The van der Waals surface area contributed by atoms with Gasteiger partial charge in [-0.25, -0.2) is 0 Å². The van der Waals surface area contributed by atoms with Crippen molar-refractivity contribution in [1.82, 2.24) is 0 Å². The molecular weight excluding hydrogens is 305 g/mol. The van der Waals surface area contributed by atoms with Crippen LogP contribution in [0, 0.1) is 0 Å². The monoisotopic (exact) mass is 315 g/mol. The molecule has 0 aliphatic rings. The first-order valence-electron chi connectivity index (χ1n) is 1.67. The van der Waals surface area contributed by atoms with Crippen LogP contribution in [0.5, 0.6) is 0 Å². The van der Waals surface area contributed by atoms with E-state index in [9.17, 15) is 0 Å². The minimum Gasteiger partial charge on any atom is -0.397 e. The predicted octanol–water partition coefficient (Wildman–Crippen LogP) is -0.643. The summed E-state index contributed by atoms with van der Waals surface area (Å²) >= 11 is 0. The normalized spacial score (nSPS) is 6.62. The average Bonchev–Trinajstić information content (AvgIpc) is 1.33. The zero-order valence-electron chi connectivity index (χ0n) is 4.33. The molecule has 0 saturated heterocycles. The van der Waals surface area contributed by atoms with Gasteiger partial charge in [0.25, 0.3) is 0 Å². The van der Waals surface area contributed by atoms with E-state index in [0.717, 1.165) is 0 Å². The van der Waals surface area contributed by atoms with Crippen molar-refractivity contribution in [3.05, 3.63) is 0 Å². The van der Waals surface area contributed by atoms with Gasteiger partial charge in [0.05, 0.1) is 0 Å². The largest absolute Gasteiger partial charge is 0.397 e. The molecule has 0 atom stereocenters. The van der Waals surface area contributed by atoms with Crippen LogP contribution in [0.2, 0.25) is 0 Å². The SMILES string of the molecule is CCO.O=[PH](O)O.[Re]. The van der Waals surface area contributed by atoms with E-state index >= 15 is 0 Å². The van der Waals surface area contributed by atoms with Crippen LogP contribution in [0.1, 0.15) is 6.92 Å². The third-order valence-electron chi connectivity index (χ3n) is 0. The van der Waals surface area contributed by atoms with Crippen molar-refractivity contribution in [2.45, 2.75) is 6.92 Å². The van der Waals surface area contributed by atoms with E-state index in [-0.39, 0.29) is 27.0 Å². The first-order valence-corrected chi connectivity index (χ1v) is 2.98. The van der Waals surface area contributed by atoms with Crippen LogP contribution in [0.15, 0.2) is 0 Å². The first-order chi connectivity index (χ1) is 3.15. The topological polar surface area (TPSA) is 77.8 Å². The van der Waals surface area contributed by atoms with Crippen LogP contribution in [0.3, 0.4) is 0 Å². The number of rotatable bonds is 0. The quantitative estimate of drug-likeness (QED) is 0.520. The van der Waals surface area contributed by atoms with Gasteiger partial charge in [0.2, 0.25) is 0 Å². The van der Waals surface area contributed by atoms with E-state index in [0.29, 0.717) is 0 Å². The Morgan fingerprint density at radius 1 is 1.50 bits per heavy atom. The summed E-state index contributed by atoms with van der Waals surface area (Å²) in [6, 6.07) is 0. The molecule has 6 heteroatoms. The van der Waals surface area contributed by atoms with Crippen molar-refractivity contribution in [2.24, 2.45) is 0 Å². The summed E-state index contributed by atoms with van der Waals surface area (Å²) in [5.74, 6) is 0. The van der Waals surface area contributed by atoms with Crippen LogP contribution < -0.4 is 0 Å². The molecule has 0 aromatic carbocycles. The Balaban J connectivity index is -0.0000000575. The summed E-state index contributed by atoms with van der Waals surface area (Å²) in [5.41, 5.74) is 0. The zero-order chi connectivity index (χ0) is 6.28. The molecule has 53 valence electrons. The minimum atomic E-state index is -3.13. The van der Waals surface area contributed by atoms with Gasteiger partial charge in [-0.2, -0.15) is 0 Å². The standard InChI is InChI=1S/C2H6O.H3O3P.Re/c1-2-3;1-4(2)3;/h3H,2H2,1H3;4H,(H2,1,2,3);. The second-order valence-electron chi connectivity index (χ2n) is 0.599. The van der Waals surface area contributed by atoms with Gasteiger partial charge in [-0.15, -0.1) is 0 Å². The molecule has 0 saturated carbocycles. The van der Waals surface area contributed by atoms with Crippen molar-refractivity contribution in [2.75, 3.05) is 6.61 Å². The zero-order valence-corrected chi connectivity index (χ0v) is 8.05. The smallest absolute Gasteiger partial charge is 0.314 e. The third-order valence-corrected chi connectivity index (χ3v) is 0. The van der Waals surface area contributed by atoms with E-state index in [2.05, 4.69) is 0 Å². The molecule has 3 N–H and O–H groups in total. The maximum atomic E-state index is 8.74. The van der Waals surface area contributed by atoms with Gasteiger partial charge in [-0.3, -0.25) is 4.57 Å². The molecule has 0 rings (SSSR count). The van der Waals surface area contributed by atoms with Crippen LogP contribution >= 0.6 is 8.25 Å². The van der Waals surface area contributed by atoms with Crippen molar-refractivity contribution in [3.63, 3.8) is 0 Å². The summed E-state index contributed by atoms with van der Waals surface area (Å²) in [4.78, 5) is 14.3. The van der Waals surface area contributed by atoms with Gasteiger partial charge in [-0.05, 0) is 6.92 Å². The molecule has 4 nitrogen and oxygen atoms in total. The number of hydrogen-bond acceptors (Lipinski definition) is 2. The summed E-state index contributed by atoms with van der Waals surface area (Å²) < 4.78 is 8.74. The average molecular weight is 314 g/mol. The van der Waals surface area contributed by atoms with Crippen molar-refractivity contribution >= 4 is 8.25 Å². The van der Waals surface area contributed by atoms with E-state index in [1.807, 2.05) is 0 Å². The van der Waals surface area contributed by atoms with Crippen LogP contribution in [-0.4, -0.2) is 21.5 Å². The molecule has 0 fully saturated rings. The van der Waals surface area contributed by atoms with Crippen molar-refractivity contribution in [1.29, 1.82) is 0 Å². The van der Waals surface area contributed by atoms with Gasteiger partial charge in [-0.1, -0.05) is 0 Å². The maximum Gasteiger partial charge on any atom is 0.314 e. The van der Waals surface area contributed by atoms with Gasteiger partial charge >= 0.3 is 8.25 Å². The van der Waals surface area contributed by atoms with Gasteiger partial charge in [0, 0.05) is 27.0 Å². The van der Waals surface area contributed by atoms with Crippen molar-refractivity contribution in [3.8, 4) is 0 Å². The van der Waals surface area contributed by atoms with Gasteiger partial charge in [0.1, 0.15) is 0 Å². The van der Waals surface area contributed by atoms with E-state index < -0.39 is 8.25 Å². The first kappa shape index (κ1) is 15.9. The Kier molecular flexibility index (Phi) is 31.1. The molecule has 0 spiro atoms. The molecule has 0 aromatic rings. The van der Waals surface area contributed by atoms with E-state index in [1.165, 1.54) is 0 Å². The summed E-state index contributed by atoms with van der Waals surface area (Å²) in [6.07, 6.45) is 0. The Hall–Kier alpha value is 0.772. The van der Waals surface area contributed by atoms with Gasteiger partial charge in [0.15, 0.2) is 0 Å². The predicted molar refractivity (Wildman–Crippen MR) is 26.2 cm³/mol. The molecule has 0 aliphatic carbocycles. The second-order valence-corrected chi connectivity index (χ2v) is 1.16. The minimum absolute atomic E-state index is 0. The molecule has 0 amide bonds. The molecule has 0 heterocycles. The van der Waals surface area contributed by atoms with Crippen LogP contribution in [-0.2, 0) is 25.0 Å². The fraction of sp³-hybridized carbons (Fsp3) is 1.00.